The summed E-state index contributed by atoms with van der Waals surface area (Å²) in [4.78, 5) is 0. The Morgan fingerprint density at radius 2 is 1.46 bits per heavy atom. The molecule has 0 aromatic carbocycles. The van der Waals surface area contributed by atoms with Gasteiger partial charge in [0, 0.05) is 37.2 Å². The zero-order valence-electron chi connectivity index (χ0n) is 9.45. The summed E-state index contributed by atoms with van der Waals surface area (Å²) in [5, 5.41) is 0. The van der Waals surface area contributed by atoms with Crippen molar-refractivity contribution in [2.75, 3.05) is 0 Å². The molecule has 0 N–H and O–H groups in total. The van der Waals surface area contributed by atoms with Crippen molar-refractivity contribution in [1.29, 1.82) is 0 Å². The Labute approximate surface area is 107 Å². The summed E-state index contributed by atoms with van der Waals surface area (Å²) in [6, 6.07) is 0. The first kappa shape index (κ1) is 14.5. The molecular formula is C11H22I2. The zero-order valence-corrected chi connectivity index (χ0v) is 13.8. The normalized spacial score (nSPS) is 30.2. The molecule has 0 radical (unpaired) electrons. The molecule has 2 heteroatoms. The van der Waals surface area contributed by atoms with Crippen molar-refractivity contribution in [1.82, 2.24) is 0 Å². The van der Waals surface area contributed by atoms with Crippen molar-refractivity contribution in [3.63, 3.8) is 0 Å². The fourth-order valence-corrected chi connectivity index (χ4v) is 2.11. The third-order valence-electron chi connectivity index (χ3n) is 3.64. The zero-order chi connectivity index (χ0) is 10.7. The molecule has 1 unspecified atom stereocenters. The Morgan fingerprint density at radius 3 is 1.77 bits per heavy atom. The molecule has 80 valence electrons. The Kier molecular flexibility index (Phi) is 6.14. The molecule has 0 aromatic rings. The van der Waals surface area contributed by atoms with Crippen LogP contribution in [0.1, 0.15) is 53.9 Å². The quantitative estimate of drug-likeness (QED) is 0.456. The Morgan fingerprint density at radius 1 is 1.00 bits per heavy atom. The Hall–Kier alpha value is 1.46. The predicted molar refractivity (Wildman–Crippen MR) is 78.6 cm³/mol. The van der Waals surface area contributed by atoms with Crippen LogP contribution in [0.5, 0.6) is 0 Å². The highest BCUT2D eigenvalue weighted by atomic mass is 128. The van der Waals surface area contributed by atoms with E-state index in [-0.39, 0.29) is 0 Å². The molecule has 0 saturated heterocycles. The summed E-state index contributed by atoms with van der Waals surface area (Å²) < 4.78 is 0. The van der Waals surface area contributed by atoms with E-state index in [1.807, 2.05) is 0 Å². The number of rotatable bonds is 0. The maximum absolute atomic E-state index is 2.41. The van der Waals surface area contributed by atoms with Gasteiger partial charge in [-0.05, 0) is 36.0 Å². The van der Waals surface area contributed by atoms with Crippen LogP contribution in [0.2, 0.25) is 0 Å². The lowest BCUT2D eigenvalue weighted by molar-refractivity contribution is 0.0666. The molecule has 0 aromatic heterocycles. The average molecular weight is 408 g/mol. The topological polar surface area (TPSA) is 0 Å². The lowest BCUT2D eigenvalue weighted by atomic mass is 9.61. The summed E-state index contributed by atoms with van der Waals surface area (Å²) in [6.07, 6.45) is 4.21. The molecule has 0 nitrogen and oxygen atoms in total. The van der Waals surface area contributed by atoms with Crippen molar-refractivity contribution in [3.05, 3.63) is 0 Å². The average Bonchev–Trinajstić information content (AvgIpc) is 2.02. The van der Waals surface area contributed by atoms with Crippen LogP contribution in [0.3, 0.4) is 0 Å². The van der Waals surface area contributed by atoms with Gasteiger partial charge in [0.1, 0.15) is 0 Å². The van der Waals surface area contributed by atoms with Crippen LogP contribution in [-0.2, 0) is 0 Å². The summed E-state index contributed by atoms with van der Waals surface area (Å²) in [6.45, 7) is 12.0. The third-order valence-corrected chi connectivity index (χ3v) is 3.64. The van der Waals surface area contributed by atoms with Crippen LogP contribution < -0.4 is 0 Å². The molecule has 0 bridgehead atoms. The van der Waals surface area contributed by atoms with Crippen LogP contribution in [0.25, 0.3) is 0 Å². The van der Waals surface area contributed by atoms with E-state index >= 15 is 0 Å². The van der Waals surface area contributed by atoms with Crippen LogP contribution in [0.4, 0.5) is 0 Å². The fraction of sp³-hybridized carbons (Fsp3) is 1.00. The molecule has 1 saturated carbocycles. The van der Waals surface area contributed by atoms with E-state index in [2.05, 4.69) is 71.9 Å². The van der Waals surface area contributed by atoms with E-state index in [1.165, 1.54) is 19.3 Å². The summed E-state index contributed by atoms with van der Waals surface area (Å²) >= 11 is 4.24. The van der Waals surface area contributed by atoms with Crippen LogP contribution in [-0.4, -0.2) is 0 Å². The first-order valence-electron chi connectivity index (χ1n) is 4.98. The van der Waals surface area contributed by atoms with Gasteiger partial charge in [0.15, 0.2) is 0 Å². The van der Waals surface area contributed by atoms with Crippen molar-refractivity contribution in [3.8, 4) is 0 Å². The minimum absolute atomic E-state index is 0.593. The maximum Gasteiger partial charge on any atom is 0 e. The lowest BCUT2D eigenvalue weighted by Gasteiger charge is -2.44. The number of halogens is 2. The molecule has 13 heavy (non-hydrogen) atoms. The van der Waals surface area contributed by atoms with E-state index in [4.69, 9.17) is 0 Å². The molecule has 0 heterocycles. The van der Waals surface area contributed by atoms with Gasteiger partial charge in [0.05, 0.1) is 0 Å². The first-order chi connectivity index (χ1) is 5.83. The third kappa shape index (κ3) is 4.67. The van der Waals surface area contributed by atoms with Gasteiger partial charge in [0.2, 0.25) is 0 Å². The van der Waals surface area contributed by atoms with Crippen molar-refractivity contribution < 1.29 is 0 Å². The predicted octanol–water partition coefficient (Wildman–Crippen LogP) is 5.63. The lowest BCUT2D eigenvalue weighted by Crippen LogP contribution is -2.33. The second kappa shape index (κ2) is 5.52. The molecule has 0 amide bonds. The van der Waals surface area contributed by atoms with Crippen molar-refractivity contribution >= 4 is 37.2 Å². The highest BCUT2D eigenvalue weighted by Crippen LogP contribution is 2.47. The van der Waals surface area contributed by atoms with E-state index < -0.39 is 0 Å². The minimum atomic E-state index is 0.593. The van der Waals surface area contributed by atoms with Gasteiger partial charge < -0.3 is 0 Å². The first-order valence-corrected chi connectivity index (χ1v) is 11.3. The second-order valence-electron chi connectivity index (χ2n) is 5.76. The highest BCUT2D eigenvalue weighted by Gasteiger charge is 2.36. The standard InChI is InChI=1S/C11H22.I2/c1-9-8-10(2,3)6-7-11(9,4)5;1-2/h9H,6-8H2,1-5H3;. The van der Waals surface area contributed by atoms with E-state index in [0.717, 1.165) is 5.92 Å². The largest absolute Gasteiger partial charge is 0.0620 e. The molecule has 0 aliphatic heterocycles. The molecule has 1 aliphatic rings. The Bertz CT molecular complexity index is 150. The van der Waals surface area contributed by atoms with Gasteiger partial charge in [-0.3, -0.25) is 0 Å². The van der Waals surface area contributed by atoms with E-state index in [9.17, 15) is 0 Å². The molecule has 1 aliphatic carbocycles. The van der Waals surface area contributed by atoms with Gasteiger partial charge in [0.25, 0.3) is 0 Å². The molecule has 1 atom stereocenters. The summed E-state index contributed by atoms with van der Waals surface area (Å²) in [5.74, 6) is 0.895. The molecule has 1 fully saturated rings. The smallest absolute Gasteiger partial charge is 0 e. The molecule has 0 spiro atoms. The van der Waals surface area contributed by atoms with Crippen LogP contribution in [0.15, 0.2) is 0 Å². The van der Waals surface area contributed by atoms with Crippen molar-refractivity contribution in [2.24, 2.45) is 16.7 Å². The Balaban J connectivity index is 0.000000671. The van der Waals surface area contributed by atoms with E-state index in [0.29, 0.717) is 10.8 Å². The summed E-state index contributed by atoms with van der Waals surface area (Å²) in [7, 11) is 0. The maximum atomic E-state index is 2.41. The van der Waals surface area contributed by atoms with Gasteiger partial charge >= 0.3 is 0 Å². The summed E-state index contributed by atoms with van der Waals surface area (Å²) in [5.41, 5.74) is 1.20. The molecule has 1 rings (SSSR count). The van der Waals surface area contributed by atoms with Crippen LogP contribution >= 0.6 is 37.2 Å². The monoisotopic (exact) mass is 408 g/mol. The minimum Gasteiger partial charge on any atom is -0.0620 e. The van der Waals surface area contributed by atoms with Gasteiger partial charge in [-0.2, -0.15) is 0 Å². The fourth-order valence-electron chi connectivity index (χ4n) is 2.11. The number of hydrogen-bond donors (Lipinski definition) is 0. The van der Waals surface area contributed by atoms with Gasteiger partial charge in [-0.1, -0.05) is 34.6 Å². The van der Waals surface area contributed by atoms with Crippen LogP contribution in [0, 0.1) is 16.7 Å². The highest BCUT2D eigenvalue weighted by molar-refractivity contribution is 15.0. The SMILES string of the molecule is CC1CC(C)(C)CCC1(C)C.II. The van der Waals surface area contributed by atoms with E-state index in [1.54, 1.807) is 0 Å². The van der Waals surface area contributed by atoms with Gasteiger partial charge in [-0.25, -0.2) is 0 Å². The number of hydrogen-bond acceptors (Lipinski definition) is 0. The van der Waals surface area contributed by atoms with Gasteiger partial charge in [-0.15, -0.1) is 0 Å². The molecular weight excluding hydrogens is 386 g/mol. The van der Waals surface area contributed by atoms with Crippen molar-refractivity contribution in [2.45, 2.75) is 53.9 Å². The second-order valence-corrected chi connectivity index (χ2v) is 5.76.